The Balaban J connectivity index is 2.55. The lowest BCUT2D eigenvalue weighted by Crippen LogP contribution is -2.55. The summed E-state index contributed by atoms with van der Waals surface area (Å²) < 4.78 is 5.42. The zero-order valence-corrected chi connectivity index (χ0v) is 23.9. The highest BCUT2D eigenvalue weighted by atomic mass is 32.2. The van der Waals surface area contributed by atoms with Crippen LogP contribution in [0.3, 0.4) is 0 Å². The minimum Gasteiger partial charge on any atom is -0.507 e. The summed E-state index contributed by atoms with van der Waals surface area (Å²) in [4.78, 5) is 42.1. The number of benzene rings is 1. The van der Waals surface area contributed by atoms with Crippen LogP contribution in [0.5, 0.6) is 5.75 Å². The minimum atomic E-state index is -1.05. The van der Waals surface area contributed by atoms with Gasteiger partial charge in [0.05, 0.1) is 0 Å². The number of phenolic OH excluding ortho intramolecular Hbond substituents is 1. The Morgan fingerprint density at radius 1 is 1.19 bits per heavy atom. The van der Waals surface area contributed by atoms with Crippen molar-refractivity contribution in [3.05, 3.63) is 29.3 Å². The number of thioether (sulfide) groups is 1. The largest absolute Gasteiger partial charge is 0.507 e. The van der Waals surface area contributed by atoms with E-state index in [4.69, 9.17) is 4.74 Å². The van der Waals surface area contributed by atoms with E-state index in [-0.39, 0.29) is 29.5 Å². The van der Waals surface area contributed by atoms with E-state index in [9.17, 15) is 19.5 Å². The van der Waals surface area contributed by atoms with Crippen LogP contribution in [0, 0.1) is 12.8 Å². The first-order valence-electron chi connectivity index (χ1n) is 12.5. The Kier molecular flexibility index (Phi) is 9.73. The molecule has 202 valence electrons. The third-order valence-electron chi connectivity index (χ3n) is 5.87. The molecule has 2 rings (SSSR count). The zero-order valence-electron chi connectivity index (χ0n) is 23.1. The van der Waals surface area contributed by atoms with Crippen LogP contribution in [0.4, 0.5) is 4.79 Å². The molecule has 8 nitrogen and oxygen atoms in total. The van der Waals surface area contributed by atoms with Crippen molar-refractivity contribution in [3.8, 4) is 5.75 Å². The SMILES string of the molecule is CSCCC(NC(=O)OC(C)(C)C)C(=O)N(C(C(=O)NC(C)(C)C)c1cccc(C)c1O)C1CC1C. The van der Waals surface area contributed by atoms with Crippen molar-refractivity contribution in [2.75, 3.05) is 12.0 Å². The molecule has 0 heterocycles. The van der Waals surface area contributed by atoms with Crippen molar-refractivity contribution in [2.24, 2.45) is 5.92 Å². The third kappa shape index (κ3) is 8.32. The normalized spacial score (nSPS) is 19.1. The molecule has 1 fully saturated rings. The second kappa shape index (κ2) is 11.8. The van der Waals surface area contributed by atoms with Gasteiger partial charge in [0.1, 0.15) is 23.4 Å². The van der Waals surface area contributed by atoms with Crippen LogP contribution in [0.1, 0.15) is 78.5 Å². The van der Waals surface area contributed by atoms with Gasteiger partial charge < -0.3 is 25.4 Å². The number of aryl methyl sites for hydroxylation is 1. The Hall–Kier alpha value is -2.42. The van der Waals surface area contributed by atoms with E-state index in [2.05, 4.69) is 10.6 Å². The number of ether oxygens (including phenoxy) is 1. The first-order valence-corrected chi connectivity index (χ1v) is 13.9. The van der Waals surface area contributed by atoms with Crippen molar-refractivity contribution >= 4 is 29.7 Å². The van der Waals surface area contributed by atoms with E-state index >= 15 is 0 Å². The van der Waals surface area contributed by atoms with Gasteiger partial charge in [0.2, 0.25) is 11.8 Å². The molecule has 0 radical (unpaired) electrons. The number of phenols is 1. The number of carbonyl (C=O) groups is 3. The molecule has 1 saturated carbocycles. The first kappa shape index (κ1) is 29.8. The van der Waals surface area contributed by atoms with Gasteiger partial charge in [0.15, 0.2) is 0 Å². The summed E-state index contributed by atoms with van der Waals surface area (Å²) in [6.45, 7) is 14.7. The number of rotatable bonds is 9. The van der Waals surface area contributed by atoms with Crippen LogP contribution in [0.2, 0.25) is 0 Å². The summed E-state index contributed by atoms with van der Waals surface area (Å²) in [6.07, 6.45) is 2.36. The molecule has 4 unspecified atom stereocenters. The number of para-hydroxylation sites is 1. The standard InChI is InChI=1S/C27H43N3O5S/c1-16-11-10-12-18(22(16)31)21(23(32)29-26(3,4)5)30(20-15-17(20)2)24(33)19(13-14-36-9)28-25(34)35-27(6,7)8/h10-12,17,19-21,31H,13-15H2,1-9H3,(H,28,34)(H,29,32). The lowest BCUT2D eigenvalue weighted by molar-refractivity contribution is -0.144. The second-order valence-electron chi connectivity index (χ2n) is 11.7. The van der Waals surface area contributed by atoms with E-state index in [1.54, 1.807) is 62.6 Å². The maximum atomic E-state index is 14.1. The molecule has 4 atom stereocenters. The van der Waals surface area contributed by atoms with E-state index in [0.717, 1.165) is 6.42 Å². The summed E-state index contributed by atoms with van der Waals surface area (Å²) in [5.74, 6) is 0.0670. The minimum absolute atomic E-state index is 0.0153. The van der Waals surface area contributed by atoms with Gasteiger partial charge in [-0.2, -0.15) is 11.8 Å². The molecule has 0 aromatic heterocycles. The van der Waals surface area contributed by atoms with Gasteiger partial charge >= 0.3 is 6.09 Å². The number of hydrogen-bond acceptors (Lipinski definition) is 6. The number of aromatic hydroxyl groups is 1. The Morgan fingerprint density at radius 2 is 1.81 bits per heavy atom. The summed E-state index contributed by atoms with van der Waals surface area (Å²) >= 11 is 1.57. The molecule has 3 N–H and O–H groups in total. The Morgan fingerprint density at radius 3 is 2.31 bits per heavy atom. The van der Waals surface area contributed by atoms with Gasteiger partial charge in [-0.1, -0.05) is 25.1 Å². The lowest BCUT2D eigenvalue weighted by atomic mass is 9.97. The molecule has 36 heavy (non-hydrogen) atoms. The molecule has 1 aliphatic rings. The highest BCUT2D eigenvalue weighted by molar-refractivity contribution is 7.98. The summed E-state index contributed by atoms with van der Waals surface area (Å²) in [7, 11) is 0. The molecule has 9 heteroatoms. The quantitative estimate of drug-likeness (QED) is 0.440. The maximum absolute atomic E-state index is 14.1. The lowest BCUT2D eigenvalue weighted by Gasteiger charge is -2.36. The molecule has 1 aliphatic carbocycles. The van der Waals surface area contributed by atoms with Gasteiger partial charge in [-0.15, -0.1) is 0 Å². The fourth-order valence-electron chi connectivity index (χ4n) is 4.05. The van der Waals surface area contributed by atoms with E-state index in [1.807, 2.05) is 34.0 Å². The molecule has 1 aromatic carbocycles. The van der Waals surface area contributed by atoms with Gasteiger partial charge in [-0.05, 0) is 84.8 Å². The predicted octanol–water partition coefficient (Wildman–Crippen LogP) is 4.54. The van der Waals surface area contributed by atoms with E-state index in [0.29, 0.717) is 23.3 Å². The van der Waals surface area contributed by atoms with Gasteiger partial charge in [0, 0.05) is 17.1 Å². The third-order valence-corrected chi connectivity index (χ3v) is 6.51. The topological polar surface area (TPSA) is 108 Å². The number of alkyl carbamates (subject to hydrolysis) is 1. The fraction of sp³-hybridized carbons (Fsp3) is 0.667. The van der Waals surface area contributed by atoms with Crippen LogP contribution < -0.4 is 10.6 Å². The van der Waals surface area contributed by atoms with Crippen LogP contribution >= 0.6 is 11.8 Å². The highest BCUT2D eigenvalue weighted by Gasteiger charge is 2.49. The van der Waals surface area contributed by atoms with Crippen LogP contribution in [0.15, 0.2) is 18.2 Å². The number of hydrogen-bond donors (Lipinski definition) is 3. The van der Waals surface area contributed by atoms with Crippen molar-refractivity contribution in [2.45, 2.75) is 97.5 Å². The molecule has 0 spiro atoms. The van der Waals surface area contributed by atoms with Crippen molar-refractivity contribution in [3.63, 3.8) is 0 Å². The predicted molar refractivity (Wildman–Crippen MR) is 144 cm³/mol. The van der Waals surface area contributed by atoms with Crippen LogP contribution in [0.25, 0.3) is 0 Å². The summed E-state index contributed by atoms with van der Waals surface area (Å²) in [5, 5.41) is 16.7. The highest BCUT2D eigenvalue weighted by Crippen LogP contribution is 2.43. The molecule has 0 aliphatic heterocycles. The Labute approximate surface area is 219 Å². The van der Waals surface area contributed by atoms with Crippen molar-refractivity contribution < 1.29 is 24.2 Å². The smallest absolute Gasteiger partial charge is 0.408 e. The van der Waals surface area contributed by atoms with Crippen LogP contribution in [-0.4, -0.2) is 63.1 Å². The average Bonchev–Trinajstić information content (AvgIpc) is 3.44. The fourth-order valence-corrected chi connectivity index (χ4v) is 4.52. The number of amides is 3. The first-order chi connectivity index (χ1) is 16.6. The molecular weight excluding hydrogens is 478 g/mol. The molecule has 3 amide bonds. The van der Waals surface area contributed by atoms with Crippen molar-refractivity contribution in [1.82, 2.24) is 15.5 Å². The summed E-state index contributed by atoms with van der Waals surface area (Å²) in [5.41, 5.74) is -0.288. The van der Waals surface area contributed by atoms with Gasteiger partial charge in [-0.3, -0.25) is 9.59 Å². The molecule has 0 saturated heterocycles. The molecule has 1 aromatic rings. The van der Waals surface area contributed by atoms with Crippen molar-refractivity contribution in [1.29, 1.82) is 0 Å². The van der Waals surface area contributed by atoms with Crippen LogP contribution in [-0.2, 0) is 14.3 Å². The van der Waals surface area contributed by atoms with Gasteiger partial charge in [-0.25, -0.2) is 4.79 Å². The zero-order chi connectivity index (χ0) is 27.4. The molecular formula is C27H43N3O5S. The van der Waals surface area contributed by atoms with E-state index < -0.39 is 29.3 Å². The Bertz CT molecular complexity index is 954. The monoisotopic (exact) mass is 521 g/mol. The number of carbonyl (C=O) groups excluding carboxylic acids is 3. The number of nitrogens with zero attached hydrogens (tertiary/aromatic N) is 1. The second-order valence-corrected chi connectivity index (χ2v) is 12.6. The van der Waals surface area contributed by atoms with Gasteiger partial charge in [0.25, 0.3) is 0 Å². The van der Waals surface area contributed by atoms with E-state index in [1.165, 1.54) is 0 Å². The maximum Gasteiger partial charge on any atom is 0.408 e. The number of nitrogens with one attached hydrogen (secondary N) is 2. The molecule has 0 bridgehead atoms. The average molecular weight is 522 g/mol. The summed E-state index contributed by atoms with van der Waals surface area (Å²) in [6, 6.07) is 3.09.